The van der Waals surface area contributed by atoms with E-state index in [-0.39, 0.29) is 18.6 Å². The number of rotatable bonds is 7. The molecule has 1 aromatic carbocycles. The third-order valence-corrected chi connectivity index (χ3v) is 4.51. The van der Waals surface area contributed by atoms with Crippen molar-refractivity contribution in [2.24, 2.45) is 0 Å². The Hall–Kier alpha value is -1.84. The van der Waals surface area contributed by atoms with Crippen LogP contribution in [0.1, 0.15) is 45.2 Å². The molecule has 7 nitrogen and oxygen atoms in total. The predicted molar refractivity (Wildman–Crippen MR) is 109 cm³/mol. The highest BCUT2D eigenvalue weighted by Gasteiger charge is 2.32. The van der Waals surface area contributed by atoms with E-state index in [0.717, 1.165) is 3.57 Å². The molecule has 1 rings (SSSR count). The third kappa shape index (κ3) is 7.00. The topological polar surface area (TPSA) is 82.1 Å². The van der Waals surface area contributed by atoms with E-state index in [0.29, 0.717) is 11.3 Å². The van der Waals surface area contributed by atoms with Gasteiger partial charge in [-0.3, -0.25) is 14.5 Å². The van der Waals surface area contributed by atoms with Gasteiger partial charge in [0.25, 0.3) is 0 Å². The third-order valence-electron chi connectivity index (χ3n) is 3.67. The molecule has 0 saturated carbocycles. The van der Waals surface area contributed by atoms with Gasteiger partial charge >= 0.3 is 12.1 Å². The zero-order valence-corrected chi connectivity index (χ0v) is 18.7. The van der Waals surface area contributed by atoms with Crippen molar-refractivity contribution in [2.45, 2.75) is 45.3 Å². The number of hydrogen-bond acceptors (Lipinski definition) is 6. The molecule has 0 N–H and O–H groups in total. The fourth-order valence-corrected chi connectivity index (χ4v) is 3.14. The minimum atomic E-state index is -0.885. The molecule has 0 aliphatic heterocycles. The lowest BCUT2D eigenvalue weighted by Gasteiger charge is -2.30. The van der Waals surface area contributed by atoms with Gasteiger partial charge in [-0.15, -0.1) is 0 Å². The molecule has 8 heteroatoms. The Labute approximate surface area is 173 Å². The maximum absolute atomic E-state index is 12.9. The Morgan fingerprint density at radius 3 is 2.26 bits per heavy atom. The zero-order chi connectivity index (χ0) is 20.8. The van der Waals surface area contributed by atoms with E-state index in [4.69, 9.17) is 9.47 Å². The van der Waals surface area contributed by atoms with E-state index in [2.05, 4.69) is 27.3 Å². The molecule has 0 radical (unpaired) electrons. The molecular formula is C19H26INO6. The monoisotopic (exact) mass is 491 g/mol. The summed E-state index contributed by atoms with van der Waals surface area (Å²) in [6.45, 7) is 5.26. The maximum Gasteiger partial charge on any atom is 0.410 e. The summed E-state index contributed by atoms with van der Waals surface area (Å²) in [5.74, 6) is -0.0962. The smallest absolute Gasteiger partial charge is 0.410 e. The van der Waals surface area contributed by atoms with Crippen LogP contribution in [0.25, 0.3) is 0 Å². The van der Waals surface area contributed by atoms with Crippen molar-refractivity contribution in [2.75, 3.05) is 21.3 Å². The van der Waals surface area contributed by atoms with E-state index >= 15 is 0 Å². The largest absolute Gasteiger partial charge is 0.496 e. The number of ether oxygens (including phenoxy) is 3. The van der Waals surface area contributed by atoms with Crippen molar-refractivity contribution >= 4 is 40.4 Å². The van der Waals surface area contributed by atoms with Crippen LogP contribution in [0.3, 0.4) is 0 Å². The lowest BCUT2D eigenvalue weighted by atomic mass is 9.98. The molecule has 0 aromatic heterocycles. The normalized spacial score (nSPS) is 12.1. The number of likely N-dealkylation sites (N-methyl/N-ethyl adjacent to an activating group) is 1. The predicted octanol–water partition coefficient (Wildman–Crippen LogP) is 3.73. The number of carbonyl (C=O) groups is 3. The SMILES string of the molecule is COC(=O)CCC(=O)[C@H](c1ccc(OC)c(I)c1)N(C)C(=O)OC(C)(C)C. The molecule has 0 heterocycles. The first-order chi connectivity index (χ1) is 12.5. The van der Waals surface area contributed by atoms with Crippen molar-refractivity contribution in [1.82, 2.24) is 4.90 Å². The summed E-state index contributed by atoms with van der Waals surface area (Å²) in [4.78, 5) is 38.0. The quantitative estimate of drug-likeness (QED) is 0.427. The van der Waals surface area contributed by atoms with Crippen LogP contribution >= 0.6 is 22.6 Å². The number of Topliss-reactive ketones (excluding diaryl/α,β-unsaturated/α-hetero) is 1. The van der Waals surface area contributed by atoms with Gasteiger partial charge in [0.2, 0.25) is 0 Å². The second kappa shape index (κ2) is 9.91. The van der Waals surface area contributed by atoms with Crippen LogP contribution in [0.2, 0.25) is 0 Å². The van der Waals surface area contributed by atoms with Crippen LogP contribution in [0, 0.1) is 3.57 Å². The van der Waals surface area contributed by atoms with Gasteiger partial charge in [-0.1, -0.05) is 6.07 Å². The first-order valence-corrected chi connectivity index (χ1v) is 9.46. The number of carbonyl (C=O) groups excluding carboxylic acids is 3. The van der Waals surface area contributed by atoms with Crippen molar-refractivity contribution in [3.63, 3.8) is 0 Å². The van der Waals surface area contributed by atoms with Gasteiger partial charge in [-0.2, -0.15) is 0 Å². The highest BCUT2D eigenvalue weighted by molar-refractivity contribution is 14.1. The minimum Gasteiger partial charge on any atom is -0.496 e. The lowest BCUT2D eigenvalue weighted by Crippen LogP contribution is -2.39. The molecule has 0 saturated heterocycles. The van der Waals surface area contributed by atoms with Gasteiger partial charge in [-0.25, -0.2) is 4.79 Å². The Bertz CT molecular complexity index is 698. The summed E-state index contributed by atoms with van der Waals surface area (Å²) in [7, 11) is 4.33. The summed E-state index contributed by atoms with van der Waals surface area (Å²) < 4.78 is 16.0. The van der Waals surface area contributed by atoms with E-state index in [9.17, 15) is 14.4 Å². The standard InChI is InChI=1S/C19H26INO6/c1-19(2,3)27-18(24)21(4)17(14(22)8-10-16(23)26-6)12-7-9-15(25-5)13(20)11-12/h7,9,11,17H,8,10H2,1-6H3/t17-/m0/s1. The first kappa shape index (κ1) is 23.2. The van der Waals surface area contributed by atoms with Crippen molar-refractivity contribution in [1.29, 1.82) is 0 Å². The summed E-state index contributed by atoms with van der Waals surface area (Å²) in [6, 6.07) is 4.35. The molecule has 0 bridgehead atoms. The summed E-state index contributed by atoms with van der Waals surface area (Å²) >= 11 is 2.10. The fourth-order valence-electron chi connectivity index (χ4n) is 2.38. The molecule has 150 valence electrons. The van der Waals surface area contributed by atoms with Crippen molar-refractivity contribution in [3.8, 4) is 5.75 Å². The molecular weight excluding hydrogens is 465 g/mol. The highest BCUT2D eigenvalue weighted by atomic mass is 127. The van der Waals surface area contributed by atoms with Gasteiger partial charge in [0, 0.05) is 13.5 Å². The Morgan fingerprint density at radius 2 is 1.78 bits per heavy atom. The number of amides is 1. The van der Waals surface area contributed by atoms with Gasteiger partial charge < -0.3 is 14.2 Å². The van der Waals surface area contributed by atoms with Crippen LogP contribution in [-0.4, -0.2) is 49.6 Å². The van der Waals surface area contributed by atoms with Gasteiger partial charge in [0.05, 0.1) is 24.2 Å². The number of esters is 1. The number of benzene rings is 1. The lowest BCUT2D eigenvalue weighted by molar-refractivity contribution is -0.142. The summed E-state index contributed by atoms with van der Waals surface area (Å²) in [5, 5.41) is 0. The summed E-state index contributed by atoms with van der Waals surface area (Å²) in [5.41, 5.74) is -0.0809. The van der Waals surface area contributed by atoms with Gasteiger partial charge in [0.1, 0.15) is 17.4 Å². The second-order valence-electron chi connectivity index (χ2n) is 6.93. The van der Waals surface area contributed by atoms with E-state index in [1.807, 2.05) is 0 Å². The van der Waals surface area contributed by atoms with Crippen LogP contribution < -0.4 is 4.74 Å². The van der Waals surface area contributed by atoms with Crippen LogP contribution in [0.15, 0.2) is 18.2 Å². The molecule has 1 aromatic rings. The molecule has 0 spiro atoms. The average molecular weight is 491 g/mol. The molecule has 0 aliphatic rings. The molecule has 0 fully saturated rings. The molecule has 0 unspecified atom stereocenters. The Morgan fingerprint density at radius 1 is 1.15 bits per heavy atom. The van der Waals surface area contributed by atoms with Crippen LogP contribution in [-0.2, 0) is 19.1 Å². The maximum atomic E-state index is 12.9. The van der Waals surface area contributed by atoms with Crippen molar-refractivity contribution < 1.29 is 28.6 Å². The van der Waals surface area contributed by atoms with Crippen LogP contribution in [0.4, 0.5) is 4.79 Å². The number of ketones is 1. The molecule has 27 heavy (non-hydrogen) atoms. The number of hydrogen-bond donors (Lipinski definition) is 0. The molecule has 1 atom stereocenters. The van der Waals surface area contributed by atoms with Crippen LogP contribution in [0.5, 0.6) is 5.75 Å². The Balaban J connectivity index is 3.19. The average Bonchev–Trinajstić information content (AvgIpc) is 2.58. The van der Waals surface area contributed by atoms with Gasteiger partial charge in [-0.05, 0) is 61.1 Å². The molecule has 0 aliphatic carbocycles. The van der Waals surface area contributed by atoms with E-state index in [1.54, 1.807) is 46.1 Å². The number of halogens is 1. The van der Waals surface area contributed by atoms with E-state index < -0.39 is 23.7 Å². The van der Waals surface area contributed by atoms with Gasteiger partial charge in [0.15, 0.2) is 5.78 Å². The number of methoxy groups -OCH3 is 2. The number of nitrogens with zero attached hydrogens (tertiary/aromatic N) is 1. The van der Waals surface area contributed by atoms with Crippen molar-refractivity contribution in [3.05, 3.63) is 27.3 Å². The fraction of sp³-hybridized carbons (Fsp3) is 0.526. The first-order valence-electron chi connectivity index (χ1n) is 8.39. The Kier molecular flexibility index (Phi) is 8.52. The minimum absolute atomic E-state index is 0.0485. The second-order valence-corrected chi connectivity index (χ2v) is 8.09. The highest BCUT2D eigenvalue weighted by Crippen LogP contribution is 2.29. The van der Waals surface area contributed by atoms with E-state index in [1.165, 1.54) is 19.1 Å². The summed E-state index contributed by atoms with van der Waals surface area (Å²) in [6.07, 6.45) is -0.723. The zero-order valence-electron chi connectivity index (χ0n) is 16.5. The molecule has 1 amide bonds.